The minimum atomic E-state index is -0.00554. The number of carbonyl (C=O) groups excluding carboxylic acids is 1. The smallest absolute Gasteiger partial charge is 0.257 e. The van der Waals surface area contributed by atoms with Crippen LogP contribution < -0.4 is 5.56 Å². The van der Waals surface area contributed by atoms with Crippen LogP contribution in [0.15, 0.2) is 11.0 Å². The zero-order valence-electron chi connectivity index (χ0n) is 17.6. The first-order valence-electron chi connectivity index (χ1n) is 10.6. The summed E-state index contributed by atoms with van der Waals surface area (Å²) < 4.78 is 1.90. The Balaban J connectivity index is 1.44. The highest BCUT2D eigenvalue weighted by molar-refractivity contribution is 5.95. The van der Waals surface area contributed by atoms with Crippen molar-refractivity contribution in [2.24, 2.45) is 0 Å². The molecule has 2 aliphatic heterocycles. The third kappa shape index (κ3) is 3.85. The number of aromatic amines is 1. The van der Waals surface area contributed by atoms with Crippen molar-refractivity contribution >= 4 is 5.91 Å². The molecule has 2 aromatic heterocycles. The summed E-state index contributed by atoms with van der Waals surface area (Å²) in [6.45, 7) is 7.83. The summed E-state index contributed by atoms with van der Waals surface area (Å²) in [4.78, 5) is 37.3. The summed E-state index contributed by atoms with van der Waals surface area (Å²) in [5.74, 6) is 1.04. The maximum absolute atomic E-state index is 13.0. The third-order valence-corrected chi connectivity index (χ3v) is 6.22. The fraction of sp³-hybridized carbons (Fsp3) is 0.619. The van der Waals surface area contributed by atoms with Crippen LogP contribution in [0.4, 0.5) is 0 Å². The molecule has 1 N–H and O–H groups in total. The molecule has 0 aliphatic carbocycles. The maximum atomic E-state index is 13.0. The summed E-state index contributed by atoms with van der Waals surface area (Å²) in [5.41, 5.74) is 3.37. The summed E-state index contributed by atoms with van der Waals surface area (Å²) >= 11 is 0. The Morgan fingerprint density at radius 2 is 2.03 bits per heavy atom. The average Bonchev–Trinajstić information content (AvgIpc) is 3.08. The van der Waals surface area contributed by atoms with Crippen molar-refractivity contribution in [1.82, 2.24) is 29.5 Å². The van der Waals surface area contributed by atoms with E-state index >= 15 is 0 Å². The summed E-state index contributed by atoms with van der Waals surface area (Å²) in [6, 6.07) is 0. The topological polar surface area (TPSA) is 87.1 Å². The number of amides is 1. The first-order chi connectivity index (χ1) is 14.0. The van der Waals surface area contributed by atoms with Gasteiger partial charge in [0.15, 0.2) is 0 Å². The Morgan fingerprint density at radius 3 is 2.76 bits per heavy atom. The van der Waals surface area contributed by atoms with Gasteiger partial charge in [0, 0.05) is 50.8 Å². The van der Waals surface area contributed by atoms with Gasteiger partial charge in [0.1, 0.15) is 5.82 Å². The number of hydrogen-bond donors (Lipinski definition) is 1. The number of nitrogens with zero attached hydrogens (tertiary/aromatic N) is 5. The van der Waals surface area contributed by atoms with Gasteiger partial charge in [0.2, 0.25) is 0 Å². The van der Waals surface area contributed by atoms with E-state index in [1.54, 1.807) is 6.20 Å². The Kier molecular flexibility index (Phi) is 5.54. The lowest BCUT2D eigenvalue weighted by Gasteiger charge is -2.32. The molecule has 0 spiro atoms. The zero-order chi connectivity index (χ0) is 20.5. The monoisotopic (exact) mass is 398 g/mol. The molecule has 29 heavy (non-hydrogen) atoms. The van der Waals surface area contributed by atoms with E-state index in [-0.39, 0.29) is 17.4 Å². The summed E-state index contributed by atoms with van der Waals surface area (Å²) in [6.07, 6.45) is 5.13. The molecule has 1 amide bonds. The number of nitrogens with one attached hydrogen (secondary N) is 1. The lowest BCUT2D eigenvalue weighted by atomic mass is 9.94. The molecular weight excluding hydrogens is 368 g/mol. The number of likely N-dealkylation sites (N-methyl/N-ethyl adjacent to an activating group) is 1. The average molecular weight is 399 g/mol. The second-order valence-corrected chi connectivity index (χ2v) is 8.30. The van der Waals surface area contributed by atoms with E-state index in [0.29, 0.717) is 25.2 Å². The first-order valence-corrected chi connectivity index (χ1v) is 10.6. The van der Waals surface area contributed by atoms with Crippen LogP contribution in [0.1, 0.15) is 65.2 Å². The normalized spacial score (nSPS) is 18.1. The number of aryl methyl sites for hydroxylation is 1. The van der Waals surface area contributed by atoms with Gasteiger partial charge in [-0.15, -0.1) is 0 Å². The minimum Gasteiger partial charge on any atom is -0.338 e. The molecule has 2 aliphatic rings. The number of hydrogen-bond acceptors (Lipinski definition) is 5. The van der Waals surface area contributed by atoms with Crippen molar-refractivity contribution < 1.29 is 4.79 Å². The van der Waals surface area contributed by atoms with Crippen molar-refractivity contribution in [1.29, 1.82) is 0 Å². The van der Waals surface area contributed by atoms with Gasteiger partial charge in [-0.25, -0.2) is 4.98 Å². The number of likely N-dealkylation sites (tertiary alicyclic amines) is 1. The van der Waals surface area contributed by atoms with Crippen LogP contribution in [0.5, 0.6) is 0 Å². The molecule has 8 nitrogen and oxygen atoms in total. The summed E-state index contributed by atoms with van der Waals surface area (Å²) in [5, 5.41) is 4.36. The van der Waals surface area contributed by atoms with E-state index in [0.717, 1.165) is 61.5 Å². The molecule has 0 saturated carbocycles. The lowest BCUT2D eigenvalue weighted by molar-refractivity contribution is 0.0710. The molecule has 0 bridgehead atoms. The molecule has 1 fully saturated rings. The number of carbonyl (C=O) groups is 1. The molecule has 156 valence electrons. The van der Waals surface area contributed by atoms with Crippen LogP contribution in [0.3, 0.4) is 0 Å². The fourth-order valence-electron chi connectivity index (χ4n) is 4.39. The SMILES string of the molecule is CCCn1ncc(C(=O)N2CCC(c3nc4c(c(=O)[nH]3)CN(C)CC4)CC2)c1C. The molecule has 0 aromatic carbocycles. The molecule has 8 heteroatoms. The minimum absolute atomic E-state index is 0.00554. The van der Waals surface area contributed by atoms with E-state index in [1.807, 2.05) is 23.6 Å². The molecule has 0 unspecified atom stereocenters. The second kappa shape index (κ2) is 8.10. The number of aromatic nitrogens is 4. The predicted molar refractivity (Wildman–Crippen MR) is 110 cm³/mol. The Morgan fingerprint density at radius 1 is 1.28 bits per heavy atom. The number of piperidine rings is 1. The Labute approximate surface area is 170 Å². The van der Waals surface area contributed by atoms with Crippen molar-refractivity contribution in [2.75, 3.05) is 26.7 Å². The number of rotatable bonds is 4. The van der Waals surface area contributed by atoms with Gasteiger partial charge in [-0.1, -0.05) is 6.92 Å². The number of H-pyrrole nitrogens is 1. The van der Waals surface area contributed by atoms with E-state index in [1.165, 1.54) is 0 Å². The second-order valence-electron chi connectivity index (χ2n) is 8.30. The van der Waals surface area contributed by atoms with Crippen molar-refractivity contribution in [3.8, 4) is 0 Å². The first kappa shape index (κ1) is 19.8. The van der Waals surface area contributed by atoms with Crippen LogP contribution in [0, 0.1) is 6.92 Å². The quantitative estimate of drug-likeness (QED) is 0.847. The van der Waals surface area contributed by atoms with Gasteiger partial charge < -0.3 is 14.8 Å². The summed E-state index contributed by atoms with van der Waals surface area (Å²) in [7, 11) is 2.02. The highest BCUT2D eigenvalue weighted by atomic mass is 16.2. The van der Waals surface area contributed by atoms with E-state index in [9.17, 15) is 9.59 Å². The lowest BCUT2D eigenvalue weighted by Crippen LogP contribution is -2.39. The van der Waals surface area contributed by atoms with E-state index in [2.05, 4.69) is 21.9 Å². The van der Waals surface area contributed by atoms with E-state index in [4.69, 9.17) is 4.98 Å². The van der Waals surface area contributed by atoms with Crippen LogP contribution in [0.2, 0.25) is 0 Å². The van der Waals surface area contributed by atoms with Gasteiger partial charge in [0.25, 0.3) is 11.5 Å². The molecule has 4 rings (SSSR count). The molecule has 2 aromatic rings. The highest BCUT2D eigenvalue weighted by Gasteiger charge is 2.29. The number of fused-ring (bicyclic) bond motifs is 1. The third-order valence-electron chi connectivity index (χ3n) is 6.22. The Hall–Kier alpha value is -2.48. The van der Waals surface area contributed by atoms with Crippen LogP contribution in [0.25, 0.3) is 0 Å². The van der Waals surface area contributed by atoms with Gasteiger partial charge >= 0.3 is 0 Å². The molecule has 0 atom stereocenters. The van der Waals surface area contributed by atoms with Crippen molar-refractivity contribution in [3.63, 3.8) is 0 Å². The van der Waals surface area contributed by atoms with Gasteiger partial charge in [0.05, 0.1) is 23.0 Å². The molecular formula is C21H30N6O2. The van der Waals surface area contributed by atoms with Crippen LogP contribution in [-0.2, 0) is 19.5 Å². The van der Waals surface area contributed by atoms with Crippen LogP contribution in [-0.4, -0.2) is 62.1 Å². The predicted octanol–water partition coefficient (Wildman–Crippen LogP) is 1.69. The van der Waals surface area contributed by atoms with Crippen molar-refractivity contribution in [2.45, 2.75) is 58.5 Å². The standard InChI is InChI=1S/C21H30N6O2/c1-4-8-27-14(2)16(12-22-27)21(29)26-10-5-15(6-11-26)19-23-18-7-9-25(3)13-17(18)20(28)24-19/h12,15H,4-11,13H2,1-3H3,(H,23,24,28). The fourth-order valence-corrected chi connectivity index (χ4v) is 4.39. The Bertz CT molecular complexity index is 955. The van der Waals surface area contributed by atoms with Gasteiger partial charge in [-0.3, -0.25) is 14.3 Å². The maximum Gasteiger partial charge on any atom is 0.257 e. The van der Waals surface area contributed by atoms with Gasteiger partial charge in [-0.2, -0.15) is 5.10 Å². The molecule has 0 radical (unpaired) electrons. The zero-order valence-corrected chi connectivity index (χ0v) is 17.6. The molecule has 1 saturated heterocycles. The van der Waals surface area contributed by atoms with Crippen molar-refractivity contribution in [3.05, 3.63) is 44.9 Å². The van der Waals surface area contributed by atoms with Crippen LogP contribution >= 0.6 is 0 Å². The van der Waals surface area contributed by atoms with E-state index < -0.39 is 0 Å². The highest BCUT2D eigenvalue weighted by Crippen LogP contribution is 2.27. The van der Waals surface area contributed by atoms with Gasteiger partial charge in [-0.05, 0) is 33.2 Å². The molecule has 4 heterocycles. The largest absolute Gasteiger partial charge is 0.338 e.